The lowest BCUT2D eigenvalue weighted by molar-refractivity contribution is 0.0904. The summed E-state index contributed by atoms with van der Waals surface area (Å²) in [7, 11) is -1.52. The molecule has 0 radical (unpaired) electrons. The highest BCUT2D eigenvalue weighted by atomic mass is 127. The van der Waals surface area contributed by atoms with E-state index in [4.69, 9.17) is 16.3 Å². The Morgan fingerprint density at radius 2 is 2.00 bits per heavy atom. The molecule has 2 aliphatic rings. The van der Waals surface area contributed by atoms with E-state index >= 15 is 0 Å². The highest BCUT2D eigenvalue weighted by Gasteiger charge is 2.40. The minimum absolute atomic E-state index is 0. The predicted octanol–water partition coefficient (Wildman–Crippen LogP) is 2.76. The average Bonchev–Trinajstić information content (AvgIpc) is 3.45. The predicted molar refractivity (Wildman–Crippen MR) is 133 cm³/mol. The van der Waals surface area contributed by atoms with Crippen LogP contribution in [0.25, 0.3) is 0 Å². The zero-order valence-electron chi connectivity index (χ0n) is 17.8. The number of hydrogen-bond acceptors (Lipinski definition) is 4. The van der Waals surface area contributed by atoms with Crippen molar-refractivity contribution in [2.45, 2.75) is 38.3 Å². The van der Waals surface area contributed by atoms with E-state index in [1.165, 1.54) is 5.56 Å². The molecule has 7 nitrogen and oxygen atoms in total. The number of nitrogens with zero attached hydrogens (tertiary/aromatic N) is 3. The van der Waals surface area contributed by atoms with Gasteiger partial charge < -0.3 is 15.0 Å². The Hall–Kier alpha value is -0.620. The minimum atomic E-state index is -3.29. The Morgan fingerprint density at radius 1 is 1.30 bits per heavy atom. The molecule has 2 unspecified atom stereocenters. The fourth-order valence-electron chi connectivity index (χ4n) is 3.62. The van der Waals surface area contributed by atoms with Gasteiger partial charge in [-0.05, 0) is 38.0 Å². The summed E-state index contributed by atoms with van der Waals surface area (Å²) >= 11 is 6.10. The van der Waals surface area contributed by atoms with Gasteiger partial charge in [0.2, 0.25) is 10.0 Å². The zero-order chi connectivity index (χ0) is 21.0. The fourth-order valence-corrected chi connectivity index (χ4v) is 5.10. The van der Waals surface area contributed by atoms with Crippen LogP contribution in [-0.2, 0) is 14.8 Å². The van der Waals surface area contributed by atoms with Crippen LogP contribution in [0, 0.1) is 0 Å². The number of halogens is 2. The van der Waals surface area contributed by atoms with Crippen LogP contribution in [0.3, 0.4) is 0 Å². The Kier molecular flexibility index (Phi) is 9.66. The molecule has 1 heterocycles. The number of ether oxygens (including phenoxy) is 1. The van der Waals surface area contributed by atoms with Crippen LogP contribution in [0.15, 0.2) is 29.3 Å². The summed E-state index contributed by atoms with van der Waals surface area (Å²) in [5.74, 6) is 1.30. The van der Waals surface area contributed by atoms with Crippen LogP contribution in [0.2, 0.25) is 5.02 Å². The topological polar surface area (TPSA) is 74.2 Å². The van der Waals surface area contributed by atoms with E-state index in [0.29, 0.717) is 38.1 Å². The molecule has 2 fully saturated rings. The first-order chi connectivity index (χ1) is 13.8. The van der Waals surface area contributed by atoms with Crippen LogP contribution >= 0.6 is 35.6 Å². The molecule has 0 amide bonds. The molecule has 1 aliphatic carbocycles. The Bertz CT molecular complexity index is 829. The molecule has 30 heavy (non-hydrogen) atoms. The first-order valence-electron chi connectivity index (χ1n) is 10.1. The molecule has 1 aliphatic heterocycles. The van der Waals surface area contributed by atoms with Crippen molar-refractivity contribution in [3.8, 4) is 0 Å². The summed E-state index contributed by atoms with van der Waals surface area (Å²) in [5, 5.41) is 4.28. The smallest absolute Gasteiger partial charge is 0.216 e. The van der Waals surface area contributed by atoms with Gasteiger partial charge in [-0.2, -0.15) is 4.31 Å². The molecule has 3 rings (SSSR count). The van der Waals surface area contributed by atoms with Gasteiger partial charge >= 0.3 is 0 Å². The number of benzene rings is 1. The number of nitrogens with one attached hydrogen (secondary N) is 1. The number of guanidine groups is 1. The molecule has 0 bridgehead atoms. The number of sulfonamides is 1. The molecule has 1 N–H and O–H groups in total. The van der Waals surface area contributed by atoms with Gasteiger partial charge in [-0.1, -0.05) is 23.7 Å². The van der Waals surface area contributed by atoms with Crippen molar-refractivity contribution >= 4 is 51.6 Å². The standard InChI is InChI=1S/C20H31ClN4O3S.HI/c1-15(2)28-11-12-29(26,27)25-9-7-24(8-10-25)20(22-3)23-19-14-18(19)16-5-4-6-17(21)13-16;/h4-6,13,15,18-19H,7-12,14H2,1-3H3,(H,22,23);1H. The summed E-state index contributed by atoms with van der Waals surface area (Å²) in [6.45, 7) is 6.22. The first kappa shape index (κ1) is 25.6. The number of piperazine rings is 1. The molecule has 170 valence electrons. The van der Waals surface area contributed by atoms with Gasteiger partial charge in [0, 0.05) is 50.2 Å². The van der Waals surface area contributed by atoms with Crippen LogP contribution < -0.4 is 5.32 Å². The van der Waals surface area contributed by atoms with Gasteiger partial charge in [0.15, 0.2) is 5.96 Å². The Labute approximate surface area is 202 Å². The van der Waals surface area contributed by atoms with Gasteiger partial charge in [0.1, 0.15) is 0 Å². The second kappa shape index (κ2) is 11.3. The molecular weight excluding hydrogens is 539 g/mol. The molecule has 10 heteroatoms. The third-order valence-corrected chi connectivity index (χ3v) is 7.39. The number of rotatable bonds is 7. The number of aliphatic imine (C=N–C) groups is 1. The van der Waals surface area contributed by atoms with Gasteiger partial charge in [-0.25, -0.2) is 8.42 Å². The third-order valence-electron chi connectivity index (χ3n) is 5.32. The molecular formula is C20H32ClIN4O3S. The highest BCUT2D eigenvalue weighted by Crippen LogP contribution is 2.41. The van der Waals surface area contributed by atoms with Gasteiger partial charge in [-0.3, -0.25) is 4.99 Å². The van der Waals surface area contributed by atoms with Crippen LogP contribution in [0.4, 0.5) is 0 Å². The molecule has 2 atom stereocenters. The molecule has 0 aromatic heterocycles. The lowest BCUT2D eigenvalue weighted by atomic mass is 10.1. The van der Waals surface area contributed by atoms with Crippen molar-refractivity contribution in [2.24, 2.45) is 4.99 Å². The van der Waals surface area contributed by atoms with Crippen molar-refractivity contribution in [3.05, 3.63) is 34.9 Å². The zero-order valence-corrected chi connectivity index (χ0v) is 21.7. The summed E-state index contributed by atoms with van der Waals surface area (Å²) in [6, 6.07) is 8.32. The second-order valence-electron chi connectivity index (χ2n) is 7.82. The maximum Gasteiger partial charge on any atom is 0.216 e. The Balaban J connectivity index is 0.00000320. The highest BCUT2D eigenvalue weighted by molar-refractivity contribution is 14.0. The summed E-state index contributed by atoms with van der Waals surface area (Å²) in [4.78, 5) is 6.54. The average molecular weight is 571 g/mol. The van der Waals surface area contributed by atoms with E-state index in [0.717, 1.165) is 17.4 Å². The van der Waals surface area contributed by atoms with E-state index in [2.05, 4.69) is 21.3 Å². The van der Waals surface area contributed by atoms with Crippen molar-refractivity contribution in [3.63, 3.8) is 0 Å². The van der Waals surface area contributed by atoms with E-state index in [1.807, 2.05) is 32.0 Å². The van der Waals surface area contributed by atoms with Gasteiger partial charge in [0.05, 0.1) is 18.5 Å². The lowest BCUT2D eigenvalue weighted by Crippen LogP contribution is -2.54. The van der Waals surface area contributed by atoms with Crippen molar-refractivity contribution < 1.29 is 13.2 Å². The molecule has 1 aromatic rings. The SMILES string of the molecule is CN=C(NC1CC1c1cccc(Cl)c1)N1CCN(S(=O)(=O)CCOC(C)C)CC1.I. The van der Waals surface area contributed by atoms with E-state index in [9.17, 15) is 8.42 Å². The fraction of sp³-hybridized carbons (Fsp3) is 0.650. The molecule has 1 saturated heterocycles. The van der Waals surface area contributed by atoms with E-state index in [1.54, 1.807) is 11.4 Å². The largest absolute Gasteiger partial charge is 0.378 e. The van der Waals surface area contributed by atoms with Crippen molar-refractivity contribution in [2.75, 3.05) is 45.6 Å². The molecule has 1 aromatic carbocycles. The van der Waals surface area contributed by atoms with Gasteiger partial charge in [0.25, 0.3) is 0 Å². The van der Waals surface area contributed by atoms with E-state index in [-0.39, 0.29) is 42.4 Å². The van der Waals surface area contributed by atoms with Crippen molar-refractivity contribution in [1.29, 1.82) is 0 Å². The number of hydrogen-bond donors (Lipinski definition) is 1. The van der Waals surface area contributed by atoms with Crippen LogP contribution in [0.5, 0.6) is 0 Å². The Morgan fingerprint density at radius 3 is 2.60 bits per heavy atom. The summed E-state index contributed by atoms with van der Waals surface area (Å²) < 4.78 is 32.0. The monoisotopic (exact) mass is 570 g/mol. The lowest BCUT2D eigenvalue weighted by Gasteiger charge is -2.36. The van der Waals surface area contributed by atoms with Crippen LogP contribution in [-0.4, -0.2) is 81.3 Å². The maximum absolute atomic E-state index is 12.5. The quantitative estimate of drug-likeness (QED) is 0.310. The normalized spacial score (nSPS) is 22.7. The minimum Gasteiger partial charge on any atom is -0.378 e. The van der Waals surface area contributed by atoms with Crippen LogP contribution in [0.1, 0.15) is 31.7 Å². The van der Waals surface area contributed by atoms with E-state index < -0.39 is 10.0 Å². The first-order valence-corrected chi connectivity index (χ1v) is 12.1. The van der Waals surface area contributed by atoms with Crippen molar-refractivity contribution in [1.82, 2.24) is 14.5 Å². The third kappa shape index (κ3) is 6.94. The summed E-state index contributed by atoms with van der Waals surface area (Å²) in [6.07, 6.45) is 1.08. The van der Waals surface area contributed by atoms with Gasteiger partial charge in [-0.15, -0.1) is 24.0 Å². The molecule has 1 saturated carbocycles. The maximum atomic E-state index is 12.5. The molecule has 0 spiro atoms. The second-order valence-corrected chi connectivity index (χ2v) is 10.3. The summed E-state index contributed by atoms with van der Waals surface area (Å²) in [5.41, 5.74) is 1.24.